The van der Waals surface area contributed by atoms with Crippen LogP contribution in [0.1, 0.15) is 36.6 Å². The quantitative estimate of drug-likeness (QED) is 0.927. The molecular weight excluding hydrogens is 302 g/mol. The first-order chi connectivity index (χ1) is 8.18. The number of likely N-dealkylation sites (tertiary alicyclic amines) is 1. The minimum Gasteiger partial charge on any atom is -0.480 e. The summed E-state index contributed by atoms with van der Waals surface area (Å²) in [7, 11) is 0. The Bertz CT molecular complexity index is 386. The fourth-order valence-electron chi connectivity index (χ4n) is 2.29. The lowest BCUT2D eigenvalue weighted by Gasteiger charge is -2.26. The number of carboxylic acids is 1. The highest BCUT2D eigenvalue weighted by molar-refractivity contribution is 9.11. The van der Waals surface area contributed by atoms with Crippen LogP contribution in [0.3, 0.4) is 0 Å². The van der Waals surface area contributed by atoms with Crippen molar-refractivity contribution in [2.24, 2.45) is 0 Å². The van der Waals surface area contributed by atoms with Gasteiger partial charge in [-0.25, -0.2) is 0 Å². The molecule has 0 spiro atoms. The lowest BCUT2D eigenvalue weighted by atomic mass is 10.2. The Morgan fingerprint density at radius 1 is 1.29 bits per heavy atom. The first kappa shape index (κ1) is 13.1. The van der Waals surface area contributed by atoms with Crippen LogP contribution in [0.2, 0.25) is 0 Å². The maximum absolute atomic E-state index is 11.5. The number of aliphatic carboxylic acids is 1. The Kier molecular flexibility index (Phi) is 4.59. The molecule has 1 fully saturated rings. The fraction of sp³-hybridized carbons (Fsp3) is 0.583. The van der Waals surface area contributed by atoms with Crippen molar-refractivity contribution in [2.45, 2.75) is 31.7 Å². The molecular formula is C12H16BrNO2S. The Labute approximate surface area is 114 Å². The predicted octanol–water partition coefficient (Wildman–Crippen LogP) is 3.51. The maximum Gasteiger partial charge on any atom is 0.326 e. The maximum atomic E-state index is 11.5. The summed E-state index contributed by atoms with van der Waals surface area (Å²) in [5.74, 6) is -0.735. The Balaban J connectivity index is 2.18. The molecule has 1 atom stereocenters. The van der Waals surface area contributed by atoms with Crippen LogP contribution in [-0.4, -0.2) is 29.1 Å². The first-order valence-electron chi connectivity index (χ1n) is 5.90. The molecule has 1 aliphatic heterocycles. The van der Waals surface area contributed by atoms with Crippen LogP contribution in [0.25, 0.3) is 0 Å². The van der Waals surface area contributed by atoms with Gasteiger partial charge in [0.1, 0.15) is 6.04 Å². The predicted molar refractivity (Wildman–Crippen MR) is 72.4 cm³/mol. The van der Waals surface area contributed by atoms with Crippen molar-refractivity contribution in [3.8, 4) is 0 Å². The van der Waals surface area contributed by atoms with E-state index in [1.54, 1.807) is 0 Å². The number of hydrogen-bond acceptors (Lipinski definition) is 3. The number of hydrogen-bond donors (Lipinski definition) is 1. The van der Waals surface area contributed by atoms with E-state index in [1.807, 2.05) is 12.1 Å². The van der Waals surface area contributed by atoms with E-state index in [4.69, 9.17) is 0 Å². The van der Waals surface area contributed by atoms with Crippen LogP contribution in [0.5, 0.6) is 0 Å². The molecule has 5 heteroatoms. The molecule has 94 valence electrons. The van der Waals surface area contributed by atoms with Crippen LogP contribution in [0.15, 0.2) is 15.9 Å². The van der Waals surface area contributed by atoms with Gasteiger partial charge in [0.2, 0.25) is 0 Å². The largest absolute Gasteiger partial charge is 0.480 e. The average molecular weight is 318 g/mol. The average Bonchev–Trinajstić information content (AvgIpc) is 2.53. The van der Waals surface area contributed by atoms with Gasteiger partial charge in [0.15, 0.2) is 0 Å². The molecule has 1 aromatic heterocycles. The second-order valence-electron chi connectivity index (χ2n) is 4.33. The number of carboxylic acid groups (broad SMARTS) is 1. The Hall–Kier alpha value is -0.390. The molecule has 1 saturated heterocycles. The van der Waals surface area contributed by atoms with Gasteiger partial charge in [0, 0.05) is 4.88 Å². The molecule has 2 rings (SSSR count). The zero-order valence-corrected chi connectivity index (χ0v) is 12.0. The van der Waals surface area contributed by atoms with Crippen molar-refractivity contribution in [3.63, 3.8) is 0 Å². The minimum absolute atomic E-state index is 0.468. The highest BCUT2D eigenvalue weighted by Crippen LogP contribution is 2.32. The van der Waals surface area contributed by atoms with Crippen molar-refractivity contribution in [1.82, 2.24) is 4.90 Å². The lowest BCUT2D eigenvalue weighted by Crippen LogP contribution is -2.34. The molecule has 1 aromatic rings. The van der Waals surface area contributed by atoms with Gasteiger partial charge in [0.25, 0.3) is 0 Å². The van der Waals surface area contributed by atoms with E-state index in [-0.39, 0.29) is 0 Å². The Morgan fingerprint density at radius 2 is 1.94 bits per heavy atom. The summed E-state index contributed by atoms with van der Waals surface area (Å²) in [5.41, 5.74) is 0. The molecule has 0 saturated carbocycles. The third-order valence-corrected chi connectivity index (χ3v) is 4.78. The number of carbonyl (C=O) groups is 1. The zero-order valence-electron chi connectivity index (χ0n) is 9.56. The molecule has 2 heterocycles. The van der Waals surface area contributed by atoms with E-state index in [1.165, 1.54) is 24.2 Å². The van der Waals surface area contributed by atoms with E-state index in [9.17, 15) is 9.90 Å². The number of nitrogens with zero attached hydrogens (tertiary/aromatic N) is 1. The molecule has 0 amide bonds. The summed E-state index contributed by atoms with van der Waals surface area (Å²) >= 11 is 4.91. The highest BCUT2D eigenvalue weighted by Gasteiger charge is 2.28. The molecule has 1 aliphatic rings. The SMILES string of the molecule is O=C(O)C(c1ccc(Br)s1)N1CCCCCC1. The first-order valence-corrected chi connectivity index (χ1v) is 7.51. The summed E-state index contributed by atoms with van der Waals surface area (Å²) in [6, 6.07) is 3.37. The van der Waals surface area contributed by atoms with Crippen molar-refractivity contribution in [3.05, 3.63) is 20.8 Å². The van der Waals surface area contributed by atoms with Crippen molar-refractivity contribution in [2.75, 3.05) is 13.1 Å². The van der Waals surface area contributed by atoms with Gasteiger partial charge < -0.3 is 5.11 Å². The van der Waals surface area contributed by atoms with E-state index >= 15 is 0 Å². The normalized spacial score (nSPS) is 19.8. The Morgan fingerprint density at radius 3 is 2.41 bits per heavy atom. The van der Waals surface area contributed by atoms with Gasteiger partial charge in [0.05, 0.1) is 3.79 Å². The molecule has 0 radical (unpaired) electrons. The number of thiophene rings is 1. The van der Waals surface area contributed by atoms with Crippen molar-refractivity contribution in [1.29, 1.82) is 0 Å². The molecule has 1 N–H and O–H groups in total. The van der Waals surface area contributed by atoms with Crippen molar-refractivity contribution >= 4 is 33.2 Å². The third kappa shape index (κ3) is 3.30. The molecule has 1 unspecified atom stereocenters. The second kappa shape index (κ2) is 5.98. The fourth-order valence-corrected chi connectivity index (χ4v) is 3.84. The number of halogens is 1. The van der Waals surface area contributed by atoms with E-state index in [2.05, 4.69) is 20.8 Å². The van der Waals surface area contributed by atoms with E-state index in [0.29, 0.717) is 0 Å². The summed E-state index contributed by atoms with van der Waals surface area (Å²) in [6.07, 6.45) is 4.65. The van der Waals surface area contributed by atoms with E-state index in [0.717, 1.165) is 34.6 Å². The molecule has 0 bridgehead atoms. The molecule has 0 aliphatic carbocycles. The molecule has 3 nitrogen and oxygen atoms in total. The van der Waals surface area contributed by atoms with Crippen LogP contribution in [0, 0.1) is 0 Å². The van der Waals surface area contributed by atoms with Gasteiger partial charge in [-0.2, -0.15) is 0 Å². The number of rotatable bonds is 3. The zero-order chi connectivity index (χ0) is 12.3. The summed E-state index contributed by atoms with van der Waals surface area (Å²) < 4.78 is 0.994. The van der Waals surface area contributed by atoms with Crippen LogP contribution in [-0.2, 0) is 4.79 Å². The molecule has 0 aromatic carbocycles. The minimum atomic E-state index is -0.735. The topological polar surface area (TPSA) is 40.5 Å². The third-order valence-electron chi connectivity index (χ3n) is 3.10. The summed E-state index contributed by atoms with van der Waals surface area (Å²) in [6.45, 7) is 1.79. The standard InChI is InChI=1S/C12H16BrNO2S/c13-10-6-5-9(17-10)11(12(15)16)14-7-3-1-2-4-8-14/h5-6,11H,1-4,7-8H2,(H,15,16). The van der Waals surface area contributed by atoms with Gasteiger partial charge in [-0.3, -0.25) is 9.69 Å². The van der Waals surface area contributed by atoms with Crippen LogP contribution < -0.4 is 0 Å². The van der Waals surface area contributed by atoms with Gasteiger partial charge in [-0.15, -0.1) is 11.3 Å². The molecule has 17 heavy (non-hydrogen) atoms. The van der Waals surface area contributed by atoms with Crippen LogP contribution >= 0.6 is 27.3 Å². The lowest BCUT2D eigenvalue weighted by molar-refractivity contribution is -0.143. The monoisotopic (exact) mass is 317 g/mol. The van der Waals surface area contributed by atoms with Crippen LogP contribution in [0.4, 0.5) is 0 Å². The van der Waals surface area contributed by atoms with Gasteiger partial charge in [-0.05, 0) is 54.0 Å². The van der Waals surface area contributed by atoms with E-state index < -0.39 is 12.0 Å². The van der Waals surface area contributed by atoms with Gasteiger partial charge in [-0.1, -0.05) is 12.8 Å². The smallest absolute Gasteiger partial charge is 0.326 e. The highest BCUT2D eigenvalue weighted by atomic mass is 79.9. The van der Waals surface area contributed by atoms with Gasteiger partial charge >= 0.3 is 5.97 Å². The second-order valence-corrected chi connectivity index (χ2v) is 6.83. The summed E-state index contributed by atoms with van der Waals surface area (Å²) in [5, 5.41) is 9.43. The summed E-state index contributed by atoms with van der Waals surface area (Å²) in [4.78, 5) is 14.5. The van der Waals surface area contributed by atoms with Crippen molar-refractivity contribution < 1.29 is 9.90 Å².